The Hall–Kier alpha value is -3.15. The van der Waals surface area contributed by atoms with E-state index in [-0.39, 0.29) is 18.0 Å². The van der Waals surface area contributed by atoms with E-state index < -0.39 is 11.8 Å². The van der Waals surface area contributed by atoms with Crippen LogP contribution in [-0.4, -0.2) is 10.6 Å². The van der Waals surface area contributed by atoms with Gasteiger partial charge in [0, 0.05) is 17.5 Å². The number of halogens is 2. The third-order valence-corrected chi connectivity index (χ3v) is 3.77. The molecule has 3 rings (SSSR count). The molecule has 1 aromatic heterocycles. The van der Waals surface area contributed by atoms with Crippen LogP contribution in [0.4, 0.5) is 19.3 Å². The summed E-state index contributed by atoms with van der Waals surface area (Å²) in [5.74, 6) is -0.770. The molecule has 0 aliphatic carbocycles. The molecule has 128 valence electrons. The van der Waals surface area contributed by atoms with Crippen molar-refractivity contribution in [3.63, 3.8) is 0 Å². The lowest BCUT2D eigenvalue weighted by Gasteiger charge is -2.12. The lowest BCUT2D eigenvalue weighted by atomic mass is 10.2. The normalized spacial score (nSPS) is 10.5. The van der Waals surface area contributed by atoms with Crippen LogP contribution in [0.5, 0.6) is 0 Å². The van der Waals surface area contributed by atoms with Crippen molar-refractivity contribution < 1.29 is 13.6 Å². The van der Waals surface area contributed by atoms with Gasteiger partial charge in [-0.1, -0.05) is 30.3 Å². The van der Waals surface area contributed by atoms with Gasteiger partial charge in [0.1, 0.15) is 11.6 Å². The molecular weight excluding hydrogens is 324 g/mol. The van der Waals surface area contributed by atoms with Crippen LogP contribution in [0.25, 0.3) is 0 Å². The van der Waals surface area contributed by atoms with E-state index in [2.05, 4.69) is 10.6 Å². The Morgan fingerprint density at radius 2 is 1.64 bits per heavy atom. The van der Waals surface area contributed by atoms with Crippen LogP contribution in [0, 0.1) is 11.6 Å². The topological polar surface area (TPSA) is 46.1 Å². The number of urea groups is 1. The second-order valence-electron chi connectivity index (χ2n) is 5.51. The van der Waals surface area contributed by atoms with Gasteiger partial charge in [-0.3, -0.25) is 0 Å². The van der Waals surface area contributed by atoms with Gasteiger partial charge >= 0.3 is 6.03 Å². The number of amides is 2. The van der Waals surface area contributed by atoms with E-state index in [1.54, 1.807) is 30.3 Å². The van der Waals surface area contributed by atoms with E-state index in [9.17, 15) is 13.6 Å². The van der Waals surface area contributed by atoms with Gasteiger partial charge in [-0.25, -0.2) is 13.6 Å². The number of nitrogens with zero attached hydrogens (tertiary/aromatic N) is 1. The van der Waals surface area contributed by atoms with Crippen LogP contribution < -0.4 is 10.6 Å². The average Bonchev–Trinajstić information content (AvgIpc) is 3.04. The second-order valence-corrected chi connectivity index (χ2v) is 5.51. The Morgan fingerprint density at radius 3 is 2.40 bits per heavy atom. The highest BCUT2D eigenvalue weighted by molar-refractivity contribution is 5.89. The van der Waals surface area contributed by atoms with Gasteiger partial charge in [0.05, 0.1) is 18.8 Å². The van der Waals surface area contributed by atoms with E-state index in [0.717, 1.165) is 5.69 Å². The van der Waals surface area contributed by atoms with E-state index in [1.807, 2.05) is 22.9 Å². The van der Waals surface area contributed by atoms with Crippen LogP contribution >= 0.6 is 0 Å². The third kappa shape index (κ3) is 4.23. The summed E-state index contributed by atoms with van der Waals surface area (Å²) in [7, 11) is 0. The van der Waals surface area contributed by atoms with Crippen LogP contribution in [-0.2, 0) is 13.1 Å². The largest absolute Gasteiger partial charge is 0.345 e. The monoisotopic (exact) mass is 341 g/mol. The molecule has 4 nitrogen and oxygen atoms in total. The van der Waals surface area contributed by atoms with Gasteiger partial charge in [-0.2, -0.15) is 0 Å². The summed E-state index contributed by atoms with van der Waals surface area (Å²) in [6, 6.07) is 15.7. The Bertz CT molecular complexity index is 876. The van der Waals surface area contributed by atoms with Crippen molar-refractivity contribution in [3.05, 3.63) is 89.8 Å². The van der Waals surface area contributed by atoms with Gasteiger partial charge in [-0.15, -0.1) is 0 Å². The van der Waals surface area contributed by atoms with Crippen LogP contribution in [0.3, 0.4) is 0 Å². The molecule has 0 unspecified atom stereocenters. The van der Waals surface area contributed by atoms with Crippen LogP contribution in [0.2, 0.25) is 0 Å². The first-order valence-electron chi connectivity index (χ1n) is 7.80. The first kappa shape index (κ1) is 16.7. The molecule has 0 spiro atoms. The fourth-order valence-corrected chi connectivity index (χ4v) is 2.47. The summed E-state index contributed by atoms with van der Waals surface area (Å²) >= 11 is 0. The molecule has 0 bridgehead atoms. The van der Waals surface area contributed by atoms with Crippen molar-refractivity contribution in [3.8, 4) is 0 Å². The van der Waals surface area contributed by atoms with E-state index in [1.165, 1.54) is 18.2 Å². The summed E-state index contributed by atoms with van der Waals surface area (Å²) in [4.78, 5) is 11.9. The van der Waals surface area contributed by atoms with Crippen LogP contribution in [0.1, 0.15) is 11.3 Å². The maximum absolute atomic E-state index is 13.8. The molecule has 25 heavy (non-hydrogen) atoms. The van der Waals surface area contributed by atoms with Gasteiger partial charge < -0.3 is 15.2 Å². The molecule has 0 atom stereocenters. The lowest BCUT2D eigenvalue weighted by molar-refractivity contribution is 0.251. The maximum atomic E-state index is 13.8. The number of nitrogens with one attached hydrogen (secondary N) is 2. The molecule has 0 fully saturated rings. The van der Waals surface area contributed by atoms with Crippen molar-refractivity contribution >= 4 is 11.7 Å². The fraction of sp³-hybridized carbons (Fsp3) is 0.105. The number of para-hydroxylation sites is 1. The highest BCUT2D eigenvalue weighted by atomic mass is 19.1. The Morgan fingerprint density at radius 1 is 0.920 bits per heavy atom. The minimum absolute atomic E-state index is 0.113. The van der Waals surface area contributed by atoms with Crippen molar-refractivity contribution in [1.82, 2.24) is 9.88 Å². The molecule has 2 N–H and O–H groups in total. The molecule has 0 saturated heterocycles. The summed E-state index contributed by atoms with van der Waals surface area (Å²) in [5.41, 5.74) is 1.49. The lowest BCUT2D eigenvalue weighted by Crippen LogP contribution is -2.29. The Balaban J connectivity index is 1.61. The molecule has 0 aliphatic rings. The number of rotatable bonds is 5. The van der Waals surface area contributed by atoms with Crippen molar-refractivity contribution in [2.45, 2.75) is 13.1 Å². The van der Waals surface area contributed by atoms with Crippen molar-refractivity contribution in [2.75, 3.05) is 5.32 Å². The maximum Gasteiger partial charge on any atom is 0.319 e. The summed E-state index contributed by atoms with van der Waals surface area (Å²) in [6.45, 7) is 0.605. The SMILES string of the molecule is O=C(NCc1cccn1Cc1ccccc1F)Nc1ccccc1F. The molecule has 6 heteroatoms. The minimum atomic E-state index is -0.510. The molecule has 0 radical (unpaired) electrons. The molecule has 0 aliphatic heterocycles. The first-order chi connectivity index (χ1) is 12.1. The van der Waals surface area contributed by atoms with E-state index in [0.29, 0.717) is 12.1 Å². The number of benzene rings is 2. The quantitative estimate of drug-likeness (QED) is 0.720. The fourth-order valence-electron chi connectivity index (χ4n) is 2.47. The number of carbonyl (C=O) groups is 1. The average molecular weight is 341 g/mol. The van der Waals surface area contributed by atoms with Gasteiger partial charge in [-0.05, 0) is 30.3 Å². The Labute approximate surface area is 144 Å². The van der Waals surface area contributed by atoms with Crippen molar-refractivity contribution in [2.24, 2.45) is 0 Å². The van der Waals surface area contributed by atoms with Crippen molar-refractivity contribution in [1.29, 1.82) is 0 Å². The number of hydrogen-bond donors (Lipinski definition) is 2. The molecule has 3 aromatic rings. The number of hydrogen-bond acceptors (Lipinski definition) is 1. The number of carbonyl (C=O) groups excluding carboxylic acids is 1. The molecule has 2 amide bonds. The number of anilines is 1. The predicted molar refractivity (Wildman–Crippen MR) is 92.2 cm³/mol. The minimum Gasteiger partial charge on any atom is -0.345 e. The predicted octanol–water partition coefficient (Wildman–Crippen LogP) is 4.14. The first-order valence-corrected chi connectivity index (χ1v) is 7.80. The molecule has 1 heterocycles. The molecule has 0 saturated carbocycles. The standard InChI is InChI=1S/C19H17F2N3O/c20-16-8-2-1-6-14(16)13-24-11-5-7-15(24)12-22-19(25)23-18-10-4-3-9-17(18)21/h1-11H,12-13H2,(H2,22,23,25). The van der Waals surface area contributed by atoms with Gasteiger partial charge in [0.15, 0.2) is 0 Å². The highest BCUT2D eigenvalue weighted by Crippen LogP contribution is 2.13. The molecular formula is C19H17F2N3O. The van der Waals surface area contributed by atoms with Gasteiger partial charge in [0.2, 0.25) is 0 Å². The summed E-state index contributed by atoms with van der Waals surface area (Å²) in [5, 5.41) is 5.13. The van der Waals surface area contributed by atoms with Gasteiger partial charge in [0.25, 0.3) is 0 Å². The smallest absolute Gasteiger partial charge is 0.319 e. The summed E-state index contributed by atoms with van der Waals surface area (Å²) < 4.78 is 29.2. The van der Waals surface area contributed by atoms with Crippen LogP contribution in [0.15, 0.2) is 66.9 Å². The molecule has 2 aromatic carbocycles. The zero-order valence-corrected chi connectivity index (χ0v) is 13.4. The zero-order chi connectivity index (χ0) is 17.6. The Kier molecular flexibility index (Phi) is 5.09. The zero-order valence-electron chi connectivity index (χ0n) is 13.4. The van der Waals surface area contributed by atoms with E-state index in [4.69, 9.17) is 0 Å². The summed E-state index contributed by atoms with van der Waals surface area (Å²) in [6.07, 6.45) is 1.82. The highest BCUT2D eigenvalue weighted by Gasteiger charge is 2.08. The second kappa shape index (κ2) is 7.61. The number of aromatic nitrogens is 1. The third-order valence-electron chi connectivity index (χ3n) is 3.77. The van der Waals surface area contributed by atoms with E-state index >= 15 is 0 Å².